The number of aromatic nitrogens is 1. The number of Topliss-reactive ketones (excluding diaryl/α,β-unsaturated/α-hetero) is 1. The molecule has 0 N–H and O–H groups in total. The standard InChI is InChI=1S/C21H26N2O2/c1-14(2)20(24)18-11-9-17(10-12-18)15(3)21(25)23(5)16(4)19-8-6-7-13-22-19/h6-16H,1-5H3. The Hall–Kier alpha value is -2.49. The van der Waals surface area contributed by atoms with E-state index in [1.165, 1.54) is 0 Å². The largest absolute Gasteiger partial charge is 0.337 e. The normalized spacial score (nSPS) is 13.4. The van der Waals surface area contributed by atoms with Crippen molar-refractivity contribution in [3.63, 3.8) is 0 Å². The fourth-order valence-corrected chi connectivity index (χ4v) is 2.73. The molecule has 0 fully saturated rings. The number of rotatable bonds is 6. The quantitative estimate of drug-likeness (QED) is 0.740. The predicted octanol–water partition coefficient (Wildman–Crippen LogP) is 4.24. The summed E-state index contributed by atoms with van der Waals surface area (Å²) in [7, 11) is 1.80. The Bertz CT molecular complexity index is 723. The Labute approximate surface area is 149 Å². The van der Waals surface area contributed by atoms with Crippen LogP contribution in [-0.4, -0.2) is 28.6 Å². The molecule has 25 heavy (non-hydrogen) atoms. The van der Waals surface area contributed by atoms with Gasteiger partial charge in [0.25, 0.3) is 0 Å². The molecule has 0 aliphatic carbocycles. The summed E-state index contributed by atoms with van der Waals surface area (Å²) in [5.41, 5.74) is 2.46. The van der Waals surface area contributed by atoms with Crippen molar-refractivity contribution >= 4 is 11.7 Å². The smallest absolute Gasteiger partial charge is 0.230 e. The van der Waals surface area contributed by atoms with Crippen LogP contribution in [0.3, 0.4) is 0 Å². The van der Waals surface area contributed by atoms with Crippen molar-refractivity contribution in [2.75, 3.05) is 7.05 Å². The van der Waals surface area contributed by atoms with Gasteiger partial charge < -0.3 is 4.90 Å². The summed E-state index contributed by atoms with van der Waals surface area (Å²) >= 11 is 0. The molecule has 0 aliphatic rings. The van der Waals surface area contributed by atoms with Crippen molar-refractivity contribution in [3.05, 3.63) is 65.5 Å². The van der Waals surface area contributed by atoms with E-state index in [9.17, 15) is 9.59 Å². The molecule has 2 atom stereocenters. The lowest BCUT2D eigenvalue weighted by molar-refractivity contribution is -0.133. The molecule has 0 aliphatic heterocycles. The van der Waals surface area contributed by atoms with Gasteiger partial charge in [-0.15, -0.1) is 0 Å². The van der Waals surface area contributed by atoms with Gasteiger partial charge in [-0.05, 0) is 31.5 Å². The van der Waals surface area contributed by atoms with Crippen LogP contribution >= 0.6 is 0 Å². The maximum Gasteiger partial charge on any atom is 0.230 e. The summed E-state index contributed by atoms with van der Waals surface area (Å²) in [5.74, 6) is -0.165. The molecule has 4 nitrogen and oxygen atoms in total. The van der Waals surface area contributed by atoms with E-state index in [1.807, 2.05) is 70.2 Å². The Morgan fingerprint density at radius 2 is 1.60 bits per heavy atom. The van der Waals surface area contributed by atoms with Gasteiger partial charge in [-0.1, -0.05) is 44.2 Å². The summed E-state index contributed by atoms with van der Waals surface area (Å²) in [4.78, 5) is 30.9. The van der Waals surface area contributed by atoms with E-state index in [1.54, 1.807) is 18.1 Å². The average Bonchev–Trinajstić information content (AvgIpc) is 2.65. The molecule has 2 rings (SSSR count). The summed E-state index contributed by atoms with van der Waals surface area (Å²) < 4.78 is 0. The molecule has 4 heteroatoms. The van der Waals surface area contributed by atoms with Crippen molar-refractivity contribution in [1.29, 1.82) is 0 Å². The van der Waals surface area contributed by atoms with Crippen LogP contribution in [0.4, 0.5) is 0 Å². The number of likely N-dealkylation sites (N-methyl/N-ethyl adjacent to an activating group) is 1. The van der Waals surface area contributed by atoms with Crippen LogP contribution in [0.2, 0.25) is 0 Å². The molecular weight excluding hydrogens is 312 g/mol. The maximum atomic E-state index is 12.8. The van der Waals surface area contributed by atoms with Crippen LogP contribution in [-0.2, 0) is 4.79 Å². The highest BCUT2D eigenvalue weighted by molar-refractivity contribution is 5.97. The third kappa shape index (κ3) is 4.32. The second-order valence-electron chi connectivity index (χ2n) is 6.74. The van der Waals surface area contributed by atoms with Gasteiger partial charge in [0.2, 0.25) is 5.91 Å². The number of ketones is 1. The molecule has 0 saturated carbocycles. The van der Waals surface area contributed by atoms with Gasteiger partial charge in [-0.3, -0.25) is 14.6 Å². The molecule has 0 bridgehead atoms. The minimum atomic E-state index is -0.278. The molecule has 1 heterocycles. The van der Waals surface area contributed by atoms with Gasteiger partial charge >= 0.3 is 0 Å². The van der Waals surface area contributed by atoms with Gasteiger partial charge in [0.05, 0.1) is 17.7 Å². The first kappa shape index (κ1) is 18.8. The third-order valence-electron chi connectivity index (χ3n) is 4.63. The third-order valence-corrected chi connectivity index (χ3v) is 4.63. The molecule has 132 valence electrons. The van der Waals surface area contributed by atoms with Crippen molar-refractivity contribution in [2.45, 2.75) is 39.7 Å². The molecule has 2 aromatic rings. The number of amides is 1. The number of benzene rings is 1. The Morgan fingerprint density at radius 3 is 2.12 bits per heavy atom. The molecule has 0 radical (unpaired) electrons. The zero-order valence-electron chi connectivity index (χ0n) is 15.6. The SMILES string of the molecule is CC(C)C(=O)c1ccc(C(C)C(=O)N(C)C(C)c2ccccn2)cc1. The number of carbonyl (C=O) groups excluding carboxylic acids is 2. The fraction of sp³-hybridized carbons (Fsp3) is 0.381. The van der Waals surface area contributed by atoms with Crippen LogP contribution in [0.25, 0.3) is 0 Å². The first-order chi connectivity index (χ1) is 11.8. The topological polar surface area (TPSA) is 50.3 Å². The van der Waals surface area contributed by atoms with Crippen LogP contribution < -0.4 is 0 Å². The van der Waals surface area contributed by atoms with Crippen LogP contribution in [0.15, 0.2) is 48.7 Å². The van der Waals surface area contributed by atoms with Crippen LogP contribution in [0, 0.1) is 5.92 Å². The van der Waals surface area contributed by atoms with Crippen molar-refractivity contribution in [3.8, 4) is 0 Å². The van der Waals surface area contributed by atoms with Gasteiger partial charge in [0.15, 0.2) is 5.78 Å². The highest BCUT2D eigenvalue weighted by atomic mass is 16.2. The number of nitrogens with zero attached hydrogens (tertiary/aromatic N) is 2. The molecule has 2 unspecified atom stereocenters. The van der Waals surface area contributed by atoms with E-state index >= 15 is 0 Å². The van der Waals surface area contributed by atoms with E-state index in [4.69, 9.17) is 0 Å². The average molecular weight is 338 g/mol. The zero-order valence-corrected chi connectivity index (χ0v) is 15.6. The summed E-state index contributed by atoms with van der Waals surface area (Å²) in [5, 5.41) is 0. The minimum absolute atomic E-state index is 0.0288. The molecule has 0 spiro atoms. The van der Waals surface area contributed by atoms with E-state index in [0.29, 0.717) is 5.56 Å². The van der Waals surface area contributed by atoms with Crippen molar-refractivity contribution in [1.82, 2.24) is 9.88 Å². The molecular formula is C21H26N2O2. The monoisotopic (exact) mass is 338 g/mol. The Morgan fingerprint density at radius 1 is 0.960 bits per heavy atom. The lowest BCUT2D eigenvalue weighted by atomic mass is 9.95. The van der Waals surface area contributed by atoms with Gasteiger partial charge in [0.1, 0.15) is 0 Å². The zero-order chi connectivity index (χ0) is 18.6. The maximum absolute atomic E-state index is 12.8. The Kier molecular flexibility index (Phi) is 6.07. The first-order valence-electron chi connectivity index (χ1n) is 8.64. The second-order valence-corrected chi connectivity index (χ2v) is 6.74. The number of carbonyl (C=O) groups is 2. The van der Waals surface area contributed by atoms with Gasteiger partial charge in [-0.25, -0.2) is 0 Å². The van der Waals surface area contributed by atoms with Crippen LogP contribution in [0.1, 0.15) is 61.3 Å². The predicted molar refractivity (Wildman–Crippen MR) is 99.4 cm³/mol. The summed E-state index contributed by atoms with van der Waals surface area (Å²) in [6.45, 7) is 7.63. The number of hydrogen-bond acceptors (Lipinski definition) is 3. The Balaban J connectivity index is 2.12. The second kappa shape index (κ2) is 8.06. The van der Waals surface area contributed by atoms with Gasteiger partial charge in [-0.2, -0.15) is 0 Å². The fourth-order valence-electron chi connectivity index (χ4n) is 2.73. The van der Waals surface area contributed by atoms with Crippen molar-refractivity contribution < 1.29 is 9.59 Å². The summed E-state index contributed by atoms with van der Waals surface area (Å²) in [6, 6.07) is 13.0. The van der Waals surface area contributed by atoms with E-state index < -0.39 is 0 Å². The highest BCUT2D eigenvalue weighted by Gasteiger charge is 2.24. The number of hydrogen-bond donors (Lipinski definition) is 0. The highest BCUT2D eigenvalue weighted by Crippen LogP contribution is 2.24. The van der Waals surface area contributed by atoms with Crippen molar-refractivity contribution in [2.24, 2.45) is 5.92 Å². The van der Waals surface area contributed by atoms with Crippen LogP contribution in [0.5, 0.6) is 0 Å². The van der Waals surface area contributed by atoms with E-state index in [2.05, 4.69) is 4.98 Å². The lowest BCUT2D eigenvalue weighted by Crippen LogP contribution is -2.33. The molecule has 1 aromatic carbocycles. The molecule has 0 saturated heterocycles. The molecule has 1 amide bonds. The number of pyridine rings is 1. The molecule has 1 aromatic heterocycles. The minimum Gasteiger partial charge on any atom is -0.337 e. The van der Waals surface area contributed by atoms with Gasteiger partial charge in [0, 0.05) is 24.7 Å². The lowest BCUT2D eigenvalue weighted by Gasteiger charge is -2.27. The van der Waals surface area contributed by atoms with E-state index in [0.717, 1.165) is 11.3 Å². The summed E-state index contributed by atoms with van der Waals surface area (Å²) in [6.07, 6.45) is 1.73. The van der Waals surface area contributed by atoms with E-state index in [-0.39, 0.29) is 29.6 Å². The first-order valence-corrected chi connectivity index (χ1v) is 8.64.